The lowest BCUT2D eigenvalue weighted by atomic mass is 9.86. The standard InChI is InChI=1S/C31H34ClFN2O/c1-21-27(6-3-8-30(21)32)29-7-2-5-23-19-24(34)11-14-28(23)31(29)22-9-12-25(13-10-22)36-26-15-18-35(20-26)17-4-16-33/h3,6,8-14,19,26H,2,4-5,7,15-18,20,34H2,1H3/t26-/m0/s1. The molecule has 1 atom stereocenters. The minimum Gasteiger partial charge on any atom is -0.489 e. The molecule has 0 unspecified atom stereocenters. The first-order valence-corrected chi connectivity index (χ1v) is 13.3. The minimum atomic E-state index is -0.258. The molecule has 188 valence electrons. The Morgan fingerprint density at radius 3 is 2.69 bits per heavy atom. The Labute approximate surface area is 218 Å². The van der Waals surface area contributed by atoms with Crippen molar-refractivity contribution in [1.82, 2.24) is 4.90 Å². The van der Waals surface area contributed by atoms with Crippen molar-refractivity contribution >= 4 is 28.4 Å². The van der Waals surface area contributed by atoms with Crippen LogP contribution in [0.2, 0.25) is 5.02 Å². The quantitative estimate of drug-likeness (QED) is 0.342. The number of ether oxygens (including phenoxy) is 1. The summed E-state index contributed by atoms with van der Waals surface area (Å²) in [5.41, 5.74) is 15.6. The van der Waals surface area contributed by atoms with E-state index in [-0.39, 0.29) is 12.8 Å². The summed E-state index contributed by atoms with van der Waals surface area (Å²) < 4.78 is 18.8. The third-order valence-corrected chi connectivity index (χ3v) is 7.86. The summed E-state index contributed by atoms with van der Waals surface area (Å²) in [5, 5.41) is 0.794. The fourth-order valence-electron chi connectivity index (χ4n) is 5.61. The molecule has 36 heavy (non-hydrogen) atoms. The van der Waals surface area contributed by atoms with Crippen LogP contribution in [0.3, 0.4) is 0 Å². The number of aryl methyl sites for hydroxylation is 1. The van der Waals surface area contributed by atoms with E-state index >= 15 is 0 Å². The van der Waals surface area contributed by atoms with Crippen LogP contribution in [0.4, 0.5) is 10.1 Å². The Bertz CT molecular complexity index is 1250. The number of nitrogens with zero attached hydrogens (tertiary/aromatic N) is 1. The molecule has 0 aromatic heterocycles. The van der Waals surface area contributed by atoms with Gasteiger partial charge < -0.3 is 10.5 Å². The van der Waals surface area contributed by atoms with Crippen LogP contribution in [0.5, 0.6) is 5.75 Å². The molecule has 5 rings (SSSR count). The third-order valence-electron chi connectivity index (χ3n) is 7.45. The van der Waals surface area contributed by atoms with Crippen molar-refractivity contribution in [3.05, 3.63) is 93.5 Å². The van der Waals surface area contributed by atoms with Crippen LogP contribution in [0.15, 0.2) is 60.7 Å². The number of anilines is 1. The molecule has 3 aromatic rings. The van der Waals surface area contributed by atoms with Gasteiger partial charge in [0.1, 0.15) is 11.9 Å². The van der Waals surface area contributed by atoms with Crippen LogP contribution in [0, 0.1) is 6.92 Å². The summed E-state index contributed by atoms with van der Waals surface area (Å²) in [5.74, 6) is 0.878. The fourth-order valence-corrected chi connectivity index (χ4v) is 5.79. The van der Waals surface area contributed by atoms with E-state index in [0.717, 1.165) is 67.3 Å². The lowest BCUT2D eigenvalue weighted by molar-refractivity contribution is 0.198. The number of allylic oxidation sites excluding steroid dienone is 1. The number of likely N-dealkylation sites (tertiary alicyclic amines) is 1. The predicted octanol–water partition coefficient (Wildman–Crippen LogP) is 7.34. The van der Waals surface area contributed by atoms with Crippen LogP contribution >= 0.6 is 11.6 Å². The SMILES string of the molecule is Cc1c(Cl)cccc1C1=C(c2ccc(O[C@H]3CCN(CCCF)C3)cc2)c2ccc(N)cc2CCC1. The zero-order chi connectivity index (χ0) is 25.1. The first-order chi connectivity index (χ1) is 17.5. The van der Waals surface area contributed by atoms with Gasteiger partial charge in [0.15, 0.2) is 0 Å². The summed E-state index contributed by atoms with van der Waals surface area (Å²) in [6.07, 6.45) is 4.75. The minimum absolute atomic E-state index is 0.154. The number of rotatable bonds is 7. The number of fused-ring (bicyclic) bond motifs is 1. The number of hydrogen-bond donors (Lipinski definition) is 1. The van der Waals surface area contributed by atoms with Gasteiger partial charge in [-0.1, -0.05) is 41.9 Å². The molecule has 1 fully saturated rings. The number of hydrogen-bond acceptors (Lipinski definition) is 3. The van der Waals surface area contributed by atoms with Crippen molar-refractivity contribution in [2.24, 2.45) is 0 Å². The molecule has 1 saturated heterocycles. The Morgan fingerprint density at radius 2 is 1.89 bits per heavy atom. The summed E-state index contributed by atoms with van der Waals surface area (Å²) in [6.45, 7) is 4.48. The number of benzene rings is 3. The zero-order valence-electron chi connectivity index (χ0n) is 20.9. The van der Waals surface area contributed by atoms with Gasteiger partial charge in [-0.2, -0.15) is 0 Å². The number of nitrogens with two attached hydrogens (primary N) is 1. The molecule has 1 heterocycles. The largest absolute Gasteiger partial charge is 0.489 e. The highest BCUT2D eigenvalue weighted by Crippen LogP contribution is 2.42. The van der Waals surface area contributed by atoms with Gasteiger partial charge in [-0.05, 0) is 108 Å². The van der Waals surface area contributed by atoms with E-state index in [1.807, 2.05) is 18.2 Å². The molecule has 5 heteroatoms. The van der Waals surface area contributed by atoms with Gasteiger partial charge in [0.2, 0.25) is 0 Å². The maximum absolute atomic E-state index is 12.5. The molecule has 0 spiro atoms. The maximum Gasteiger partial charge on any atom is 0.119 e. The molecule has 0 amide bonds. The fraction of sp³-hybridized carbons (Fsp3) is 0.355. The monoisotopic (exact) mass is 504 g/mol. The first-order valence-electron chi connectivity index (χ1n) is 13.0. The lowest BCUT2D eigenvalue weighted by Crippen LogP contribution is -2.26. The van der Waals surface area contributed by atoms with Crippen LogP contribution in [0.25, 0.3) is 11.1 Å². The molecule has 1 aliphatic heterocycles. The Balaban J connectivity index is 1.50. The summed E-state index contributed by atoms with van der Waals surface area (Å²) in [7, 11) is 0. The van der Waals surface area contributed by atoms with E-state index in [0.29, 0.717) is 6.42 Å². The van der Waals surface area contributed by atoms with E-state index in [1.54, 1.807) is 0 Å². The molecule has 2 aliphatic rings. The third kappa shape index (κ3) is 5.30. The van der Waals surface area contributed by atoms with Crippen LogP contribution in [-0.4, -0.2) is 37.3 Å². The van der Waals surface area contributed by atoms with Crippen molar-refractivity contribution in [3.8, 4) is 5.75 Å². The number of nitrogen functional groups attached to an aromatic ring is 1. The van der Waals surface area contributed by atoms with Crippen molar-refractivity contribution in [3.63, 3.8) is 0 Å². The second-order valence-electron chi connectivity index (χ2n) is 9.93. The Hall–Kier alpha value is -2.82. The van der Waals surface area contributed by atoms with Gasteiger partial charge in [0.25, 0.3) is 0 Å². The first kappa shape index (κ1) is 24.9. The molecule has 0 radical (unpaired) electrons. The Morgan fingerprint density at radius 1 is 1.06 bits per heavy atom. The summed E-state index contributed by atoms with van der Waals surface area (Å²) in [4.78, 5) is 2.29. The van der Waals surface area contributed by atoms with E-state index in [9.17, 15) is 4.39 Å². The molecule has 0 saturated carbocycles. The average Bonchev–Trinajstić information content (AvgIpc) is 3.24. The summed E-state index contributed by atoms with van der Waals surface area (Å²) >= 11 is 6.55. The number of alkyl halides is 1. The zero-order valence-corrected chi connectivity index (χ0v) is 21.7. The van der Waals surface area contributed by atoms with Gasteiger partial charge in [0, 0.05) is 30.3 Å². The van der Waals surface area contributed by atoms with Gasteiger partial charge in [-0.3, -0.25) is 9.29 Å². The number of halogens is 2. The van der Waals surface area contributed by atoms with Crippen molar-refractivity contribution in [1.29, 1.82) is 0 Å². The highest BCUT2D eigenvalue weighted by molar-refractivity contribution is 6.31. The molecule has 0 bridgehead atoms. The van der Waals surface area contributed by atoms with E-state index in [2.05, 4.69) is 54.3 Å². The second-order valence-corrected chi connectivity index (χ2v) is 10.3. The topological polar surface area (TPSA) is 38.5 Å². The highest BCUT2D eigenvalue weighted by atomic mass is 35.5. The second kappa shape index (κ2) is 11.1. The molecule has 3 nitrogen and oxygen atoms in total. The Kier molecular flexibility index (Phi) is 7.64. The van der Waals surface area contributed by atoms with Crippen molar-refractivity contribution in [2.75, 3.05) is 32.0 Å². The van der Waals surface area contributed by atoms with Crippen LogP contribution in [0.1, 0.15) is 53.5 Å². The molecule has 3 aromatic carbocycles. The highest BCUT2D eigenvalue weighted by Gasteiger charge is 2.24. The average molecular weight is 505 g/mol. The molecular formula is C31H34ClFN2O. The van der Waals surface area contributed by atoms with Gasteiger partial charge in [-0.25, -0.2) is 0 Å². The van der Waals surface area contributed by atoms with Gasteiger partial charge in [-0.15, -0.1) is 0 Å². The lowest BCUT2D eigenvalue weighted by Gasteiger charge is -2.20. The molecular weight excluding hydrogens is 471 g/mol. The van der Waals surface area contributed by atoms with Crippen molar-refractivity contribution in [2.45, 2.75) is 45.1 Å². The summed E-state index contributed by atoms with van der Waals surface area (Å²) in [6, 6.07) is 21.0. The van der Waals surface area contributed by atoms with Gasteiger partial charge in [0.05, 0.1) is 6.67 Å². The van der Waals surface area contributed by atoms with E-state index in [4.69, 9.17) is 22.1 Å². The maximum atomic E-state index is 12.5. The van der Waals surface area contributed by atoms with Crippen molar-refractivity contribution < 1.29 is 9.13 Å². The normalized spacial score (nSPS) is 18.2. The van der Waals surface area contributed by atoms with Crippen LogP contribution < -0.4 is 10.5 Å². The van der Waals surface area contributed by atoms with E-state index in [1.165, 1.54) is 33.4 Å². The molecule has 2 N–H and O–H groups in total. The smallest absolute Gasteiger partial charge is 0.119 e. The van der Waals surface area contributed by atoms with Gasteiger partial charge >= 0.3 is 0 Å². The van der Waals surface area contributed by atoms with E-state index < -0.39 is 0 Å². The van der Waals surface area contributed by atoms with Crippen LogP contribution in [-0.2, 0) is 6.42 Å². The molecule has 1 aliphatic carbocycles. The predicted molar refractivity (Wildman–Crippen MR) is 148 cm³/mol.